The van der Waals surface area contributed by atoms with Gasteiger partial charge in [0.1, 0.15) is 4.88 Å². The SMILES string of the molecule is O=C(N[C@@H]1C[C@@H]2CCN(C2)C1)c1ccc(Sc2ccc(C(F)(F)F)s2)cc1. The van der Waals surface area contributed by atoms with E-state index in [4.69, 9.17) is 0 Å². The number of fused-ring (bicyclic) bond motifs is 2. The number of alkyl halides is 3. The third-order valence-electron chi connectivity index (χ3n) is 5.00. The number of hydrogen-bond donors (Lipinski definition) is 1. The fourth-order valence-corrected chi connectivity index (χ4v) is 5.72. The van der Waals surface area contributed by atoms with Crippen LogP contribution in [0.4, 0.5) is 13.2 Å². The van der Waals surface area contributed by atoms with Gasteiger partial charge in [0.2, 0.25) is 0 Å². The molecular formula is C19H19F3N2OS2. The van der Waals surface area contributed by atoms with Crippen LogP contribution in [0.1, 0.15) is 28.1 Å². The summed E-state index contributed by atoms with van der Waals surface area (Å²) in [5.74, 6) is 0.602. The Morgan fingerprint density at radius 1 is 1.15 bits per heavy atom. The van der Waals surface area contributed by atoms with Gasteiger partial charge in [-0.15, -0.1) is 11.3 Å². The van der Waals surface area contributed by atoms with Gasteiger partial charge in [0, 0.05) is 29.6 Å². The first-order valence-electron chi connectivity index (χ1n) is 8.85. The summed E-state index contributed by atoms with van der Waals surface area (Å²) in [7, 11) is 0. The van der Waals surface area contributed by atoms with E-state index in [9.17, 15) is 18.0 Å². The van der Waals surface area contributed by atoms with Crippen molar-refractivity contribution in [3.63, 3.8) is 0 Å². The van der Waals surface area contributed by atoms with Gasteiger partial charge in [-0.2, -0.15) is 13.2 Å². The van der Waals surface area contributed by atoms with Gasteiger partial charge >= 0.3 is 6.18 Å². The maximum atomic E-state index is 12.7. The number of rotatable bonds is 4. The van der Waals surface area contributed by atoms with E-state index in [-0.39, 0.29) is 11.9 Å². The summed E-state index contributed by atoms with van der Waals surface area (Å²) in [6.07, 6.45) is -2.05. The van der Waals surface area contributed by atoms with Gasteiger partial charge in [-0.3, -0.25) is 4.79 Å². The molecular weight excluding hydrogens is 393 g/mol. The van der Waals surface area contributed by atoms with Gasteiger partial charge in [-0.1, -0.05) is 11.8 Å². The number of carbonyl (C=O) groups excluding carboxylic acids is 1. The summed E-state index contributed by atoms with van der Waals surface area (Å²) < 4.78 is 38.6. The second kappa shape index (κ2) is 7.48. The number of thiophene rings is 1. The summed E-state index contributed by atoms with van der Waals surface area (Å²) in [6, 6.07) is 9.79. The summed E-state index contributed by atoms with van der Waals surface area (Å²) in [5.41, 5.74) is 0.578. The van der Waals surface area contributed by atoms with Crippen LogP contribution in [0, 0.1) is 5.92 Å². The molecule has 8 heteroatoms. The third-order valence-corrected chi connectivity index (χ3v) is 7.27. The molecule has 3 nitrogen and oxygen atoms in total. The normalized spacial score (nSPS) is 24.8. The van der Waals surface area contributed by atoms with Gasteiger partial charge in [-0.25, -0.2) is 0 Å². The third kappa shape index (κ3) is 4.50. The fraction of sp³-hybridized carbons (Fsp3) is 0.421. The zero-order valence-electron chi connectivity index (χ0n) is 14.5. The van der Waals surface area contributed by atoms with Gasteiger partial charge in [0.15, 0.2) is 0 Å². The Hall–Kier alpha value is -1.51. The Morgan fingerprint density at radius 3 is 2.59 bits per heavy atom. The van der Waals surface area contributed by atoms with Crippen LogP contribution in [0.15, 0.2) is 45.5 Å². The van der Waals surface area contributed by atoms with Crippen molar-refractivity contribution in [1.82, 2.24) is 10.2 Å². The molecule has 2 aliphatic heterocycles. The van der Waals surface area contributed by atoms with Gasteiger partial charge < -0.3 is 10.2 Å². The Balaban J connectivity index is 1.35. The minimum absolute atomic E-state index is 0.0884. The monoisotopic (exact) mass is 412 g/mol. The van der Waals surface area contributed by atoms with Crippen LogP contribution in [-0.2, 0) is 6.18 Å². The zero-order chi connectivity index (χ0) is 19.0. The van der Waals surface area contributed by atoms with Crippen molar-refractivity contribution in [3.05, 3.63) is 46.8 Å². The van der Waals surface area contributed by atoms with E-state index in [2.05, 4.69) is 10.2 Å². The highest BCUT2D eigenvalue weighted by Crippen LogP contribution is 2.40. The highest BCUT2D eigenvalue weighted by Gasteiger charge is 2.33. The molecule has 1 aromatic carbocycles. The number of hydrogen-bond acceptors (Lipinski definition) is 4. The molecule has 2 aromatic rings. The van der Waals surface area contributed by atoms with Crippen LogP contribution < -0.4 is 5.32 Å². The molecule has 1 amide bonds. The predicted molar refractivity (Wildman–Crippen MR) is 100 cm³/mol. The Labute approximate surface area is 163 Å². The highest BCUT2D eigenvalue weighted by molar-refractivity contribution is 8.01. The van der Waals surface area contributed by atoms with E-state index in [0.29, 0.717) is 15.7 Å². The molecule has 0 spiro atoms. The molecule has 2 fully saturated rings. The van der Waals surface area contributed by atoms with E-state index < -0.39 is 11.1 Å². The van der Waals surface area contributed by atoms with Gasteiger partial charge in [0.05, 0.1) is 4.21 Å². The lowest BCUT2D eigenvalue weighted by atomic mass is 9.96. The molecule has 2 saturated heterocycles. The number of halogens is 3. The molecule has 144 valence electrons. The Morgan fingerprint density at radius 2 is 1.93 bits per heavy atom. The fourth-order valence-electron chi connectivity index (χ4n) is 3.75. The van der Waals surface area contributed by atoms with E-state index in [0.717, 1.165) is 48.4 Å². The maximum absolute atomic E-state index is 12.7. The van der Waals surface area contributed by atoms with Crippen LogP contribution in [0.2, 0.25) is 0 Å². The van der Waals surface area contributed by atoms with E-state index in [1.54, 1.807) is 24.3 Å². The number of benzene rings is 1. The average molecular weight is 413 g/mol. The summed E-state index contributed by atoms with van der Waals surface area (Å²) in [5, 5.41) is 3.11. The molecule has 1 aromatic heterocycles. The minimum Gasteiger partial charge on any atom is -0.348 e. The quantitative estimate of drug-likeness (QED) is 0.787. The molecule has 4 rings (SSSR count). The first kappa shape index (κ1) is 18.8. The lowest BCUT2D eigenvalue weighted by Gasteiger charge is -2.30. The average Bonchev–Trinajstić information content (AvgIpc) is 3.22. The smallest absolute Gasteiger partial charge is 0.348 e. The molecule has 0 aliphatic carbocycles. The standard InChI is InChI=1S/C19H19F3N2OS2/c20-19(21,22)16-5-6-17(27-16)26-15-3-1-13(2-4-15)18(25)23-14-9-12-7-8-24(10-12)11-14/h1-6,12,14H,7-11H2,(H,23,25)/t12-,14+/m0/s1. The number of nitrogens with one attached hydrogen (secondary N) is 1. The number of amides is 1. The van der Waals surface area contributed by atoms with Crippen molar-refractivity contribution in [1.29, 1.82) is 0 Å². The second-order valence-corrected chi connectivity index (χ2v) is 9.52. The number of piperidine rings is 1. The van der Waals surface area contributed by atoms with E-state index in [1.807, 2.05) is 0 Å². The number of nitrogens with zero attached hydrogens (tertiary/aromatic N) is 1. The van der Waals surface area contributed by atoms with Crippen molar-refractivity contribution in [3.8, 4) is 0 Å². The molecule has 0 saturated carbocycles. The van der Waals surface area contributed by atoms with Crippen LogP contribution in [0.25, 0.3) is 0 Å². The predicted octanol–water partition coefficient (Wildman–Crippen LogP) is 4.74. The van der Waals surface area contributed by atoms with Crippen molar-refractivity contribution in [2.45, 2.75) is 34.2 Å². The Bertz CT molecular complexity index is 807. The summed E-state index contributed by atoms with van der Waals surface area (Å²) in [6.45, 7) is 3.19. The molecule has 3 atom stereocenters. The molecule has 3 heterocycles. The molecule has 0 radical (unpaired) electrons. The molecule has 27 heavy (non-hydrogen) atoms. The highest BCUT2D eigenvalue weighted by atomic mass is 32.2. The molecule has 1 unspecified atom stereocenters. The second-order valence-electron chi connectivity index (χ2n) is 7.06. The van der Waals surface area contributed by atoms with Crippen molar-refractivity contribution < 1.29 is 18.0 Å². The van der Waals surface area contributed by atoms with Crippen LogP contribution in [0.3, 0.4) is 0 Å². The zero-order valence-corrected chi connectivity index (χ0v) is 16.1. The number of carbonyl (C=O) groups is 1. The van der Waals surface area contributed by atoms with Crippen LogP contribution in [-0.4, -0.2) is 36.5 Å². The first-order valence-corrected chi connectivity index (χ1v) is 10.5. The van der Waals surface area contributed by atoms with E-state index in [1.165, 1.54) is 24.2 Å². The van der Waals surface area contributed by atoms with Gasteiger partial charge in [-0.05, 0) is 61.7 Å². The van der Waals surface area contributed by atoms with E-state index >= 15 is 0 Å². The van der Waals surface area contributed by atoms with Crippen molar-refractivity contribution in [2.24, 2.45) is 5.92 Å². The first-order chi connectivity index (χ1) is 12.9. The Kier molecular flexibility index (Phi) is 5.22. The van der Waals surface area contributed by atoms with Crippen molar-refractivity contribution in [2.75, 3.05) is 19.6 Å². The topological polar surface area (TPSA) is 32.3 Å². The maximum Gasteiger partial charge on any atom is 0.425 e. The molecule has 2 aliphatic rings. The molecule has 1 N–H and O–H groups in total. The lowest BCUT2D eigenvalue weighted by Crippen LogP contribution is -2.47. The van der Waals surface area contributed by atoms with Gasteiger partial charge in [0.25, 0.3) is 5.91 Å². The molecule has 2 bridgehead atoms. The van der Waals surface area contributed by atoms with Crippen LogP contribution in [0.5, 0.6) is 0 Å². The largest absolute Gasteiger partial charge is 0.425 e. The van der Waals surface area contributed by atoms with Crippen LogP contribution >= 0.6 is 23.1 Å². The summed E-state index contributed by atoms with van der Waals surface area (Å²) >= 11 is 2.00. The lowest BCUT2D eigenvalue weighted by molar-refractivity contribution is -0.134. The summed E-state index contributed by atoms with van der Waals surface area (Å²) in [4.78, 5) is 15.1. The van der Waals surface area contributed by atoms with Crippen molar-refractivity contribution >= 4 is 29.0 Å². The minimum atomic E-state index is -4.30.